The van der Waals surface area contributed by atoms with E-state index in [1.807, 2.05) is 43.3 Å². The molecule has 0 bridgehead atoms. The number of carbonyl (C=O) groups is 1. The Kier molecular flexibility index (Phi) is 6.83. The molecular formula is C26H25FN4O3S2. The zero-order valence-corrected chi connectivity index (χ0v) is 21.3. The molecule has 2 aromatic heterocycles. The van der Waals surface area contributed by atoms with Crippen molar-refractivity contribution in [1.29, 1.82) is 0 Å². The molecule has 3 heterocycles. The van der Waals surface area contributed by atoms with Crippen LogP contribution in [0.15, 0.2) is 71.8 Å². The Labute approximate surface area is 213 Å². The molecule has 5 rings (SSSR count). The van der Waals surface area contributed by atoms with Gasteiger partial charge in [0.15, 0.2) is 5.13 Å². The maximum absolute atomic E-state index is 13.9. The number of hydrogen-bond donors (Lipinski definition) is 0. The molecule has 1 fully saturated rings. The number of fused-ring (bicyclic) bond motifs is 1. The third kappa shape index (κ3) is 5.02. The summed E-state index contributed by atoms with van der Waals surface area (Å²) in [6.45, 7) is 2.61. The Morgan fingerprint density at radius 2 is 1.97 bits per heavy atom. The zero-order valence-electron chi connectivity index (χ0n) is 19.7. The van der Waals surface area contributed by atoms with Gasteiger partial charge in [-0.1, -0.05) is 23.5 Å². The van der Waals surface area contributed by atoms with E-state index in [4.69, 9.17) is 4.98 Å². The van der Waals surface area contributed by atoms with E-state index in [9.17, 15) is 17.6 Å². The molecule has 0 saturated carbocycles. The Hall–Kier alpha value is -3.21. The van der Waals surface area contributed by atoms with E-state index >= 15 is 0 Å². The number of pyridine rings is 1. The molecule has 0 aliphatic carbocycles. The largest absolute Gasteiger partial charge is 0.282 e. The fourth-order valence-electron chi connectivity index (χ4n) is 4.37. The standard InChI is InChI=1S/C26H25FN4O3S2/c1-18-7-12-23-24(15-18)35-26(29-23)31(17-21-6-2-3-13-28-21)25(32)19-5-4-14-30(16-19)36(33,34)22-10-8-20(27)9-11-22/h2-3,6-13,15,19H,4-5,14,16-17H2,1H3. The van der Waals surface area contributed by atoms with Gasteiger partial charge in [-0.2, -0.15) is 4.31 Å². The molecule has 0 N–H and O–H groups in total. The highest BCUT2D eigenvalue weighted by molar-refractivity contribution is 7.89. The van der Waals surface area contributed by atoms with E-state index in [0.717, 1.165) is 27.9 Å². The van der Waals surface area contributed by atoms with Crippen molar-refractivity contribution >= 4 is 42.6 Å². The lowest BCUT2D eigenvalue weighted by Gasteiger charge is -2.33. The Morgan fingerprint density at radius 3 is 2.72 bits per heavy atom. The van der Waals surface area contributed by atoms with E-state index in [1.165, 1.54) is 27.8 Å². The molecule has 10 heteroatoms. The number of aryl methyl sites for hydroxylation is 1. The number of halogens is 1. The van der Waals surface area contributed by atoms with Crippen LogP contribution in [0.2, 0.25) is 0 Å². The third-order valence-corrected chi connectivity index (χ3v) is 9.18. The van der Waals surface area contributed by atoms with Crippen LogP contribution < -0.4 is 4.90 Å². The monoisotopic (exact) mass is 524 g/mol. The summed E-state index contributed by atoms with van der Waals surface area (Å²) in [5.74, 6) is -1.22. The number of rotatable bonds is 6. The summed E-state index contributed by atoms with van der Waals surface area (Å²) >= 11 is 1.43. The van der Waals surface area contributed by atoms with Crippen LogP contribution in [0.4, 0.5) is 9.52 Å². The van der Waals surface area contributed by atoms with Crippen molar-refractivity contribution < 1.29 is 17.6 Å². The lowest BCUT2D eigenvalue weighted by molar-refractivity contribution is -0.123. The summed E-state index contributed by atoms with van der Waals surface area (Å²) in [7, 11) is -3.85. The topological polar surface area (TPSA) is 83.5 Å². The van der Waals surface area contributed by atoms with Crippen molar-refractivity contribution in [3.63, 3.8) is 0 Å². The van der Waals surface area contributed by atoms with Crippen LogP contribution in [0.3, 0.4) is 0 Å². The SMILES string of the molecule is Cc1ccc2nc(N(Cc3ccccn3)C(=O)C3CCCN(S(=O)(=O)c4ccc(F)cc4)C3)sc2c1. The van der Waals surface area contributed by atoms with Gasteiger partial charge in [0.25, 0.3) is 0 Å². The van der Waals surface area contributed by atoms with Crippen molar-refractivity contribution in [3.8, 4) is 0 Å². The van der Waals surface area contributed by atoms with Crippen LogP contribution >= 0.6 is 11.3 Å². The predicted octanol–water partition coefficient (Wildman–Crippen LogP) is 4.77. The molecule has 1 unspecified atom stereocenters. The lowest BCUT2D eigenvalue weighted by Crippen LogP contribution is -2.46. The smallest absolute Gasteiger partial charge is 0.243 e. The number of nitrogens with zero attached hydrogens (tertiary/aromatic N) is 4. The molecule has 4 aromatic rings. The van der Waals surface area contributed by atoms with Gasteiger partial charge in [-0.15, -0.1) is 0 Å². The van der Waals surface area contributed by atoms with Gasteiger partial charge >= 0.3 is 0 Å². The Balaban J connectivity index is 1.44. The minimum absolute atomic E-state index is 0.0175. The molecule has 186 valence electrons. The zero-order chi connectivity index (χ0) is 25.3. The van der Waals surface area contributed by atoms with Gasteiger partial charge in [0.1, 0.15) is 5.82 Å². The first-order chi connectivity index (χ1) is 17.3. The molecule has 1 aliphatic rings. The van der Waals surface area contributed by atoms with Gasteiger partial charge in [-0.05, 0) is 73.9 Å². The van der Waals surface area contributed by atoms with E-state index in [-0.39, 0.29) is 23.9 Å². The highest BCUT2D eigenvalue weighted by Crippen LogP contribution is 2.33. The van der Waals surface area contributed by atoms with E-state index < -0.39 is 21.8 Å². The molecule has 0 spiro atoms. The number of hydrogen-bond acceptors (Lipinski definition) is 6. The predicted molar refractivity (Wildman–Crippen MR) is 138 cm³/mol. The minimum atomic E-state index is -3.85. The summed E-state index contributed by atoms with van der Waals surface area (Å²) in [5.41, 5.74) is 2.63. The fraction of sp³-hybridized carbons (Fsp3) is 0.269. The quantitative estimate of drug-likeness (QED) is 0.363. The van der Waals surface area contributed by atoms with Crippen molar-refractivity contribution in [3.05, 3.63) is 83.9 Å². The van der Waals surface area contributed by atoms with Crippen LogP contribution in [-0.2, 0) is 21.4 Å². The highest BCUT2D eigenvalue weighted by atomic mass is 32.2. The Bertz CT molecular complexity index is 1490. The first-order valence-corrected chi connectivity index (χ1v) is 13.9. The average Bonchev–Trinajstić information content (AvgIpc) is 3.31. The second-order valence-electron chi connectivity index (χ2n) is 8.87. The summed E-state index contributed by atoms with van der Waals surface area (Å²) in [5, 5.41) is 0.560. The number of amides is 1. The highest BCUT2D eigenvalue weighted by Gasteiger charge is 2.36. The number of aromatic nitrogens is 2. The number of thiazole rings is 1. The van der Waals surface area contributed by atoms with Crippen molar-refractivity contribution in [2.75, 3.05) is 18.0 Å². The molecule has 2 aromatic carbocycles. The number of carbonyl (C=O) groups excluding carboxylic acids is 1. The first kappa shape index (κ1) is 24.5. The van der Waals surface area contributed by atoms with E-state index in [1.54, 1.807) is 11.1 Å². The van der Waals surface area contributed by atoms with E-state index in [0.29, 0.717) is 30.2 Å². The van der Waals surface area contributed by atoms with Gasteiger partial charge in [0.2, 0.25) is 15.9 Å². The fourth-order valence-corrected chi connectivity index (χ4v) is 6.96. The molecule has 0 radical (unpaired) electrons. The minimum Gasteiger partial charge on any atom is -0.282 e. The molecule has 1 amide bonds. The normalized spacial score (nSPS) is 16.8. The van der Waals surface area contributed by atoms with Crippen LogP contribution in [0.25, 0.3) is 10.2 Å². The van der Waals surface area contributed by atoms with Crippen molar-refractivity contribution in [2.24, 2.45) is 5.92 Å². The molecule has 36 heavy (non-hydrogen) atoms. The maximum atomic E-state index is 13.9. The first-order valence-electron chi connectivity index (χ1n) is 11.7. The second kappa shape index (κ2) is 10.0. The summed E-state index contributed by atoms with van der Waals surface area (Å²) in [6.07, 6.45) is 2.79. The van der Waals surface area contributed by atoms with Crippen LogP contribution in [0.5, 0.6) is 0 Å². The number of benzene rings is 2. The van der Waals surface area contributed by atoms with Crippen molar-refractivity contribution in [1.82, 2.24) is 14.3 Å². The number of anilines is 1. The average molecular weight is 525 g/mol. The molecule has 1 aliphatic heterocycles. The number of piperidine rings is 1. The van der Waals surface area contributed by atoms with Crippen molar-refractivity contribution in [2.45, 2.75) is 31.2 Å². The molecule has 1 atom stereocenters. The Morgan fingerprint density at radius 1 is 1.17 bits per heavy atom. The van der Waals surface area contributed by atoms with Gasteiger partial charge in [0, 0.05) is 19.3 Å². The molecular weight excluding hydrogens is 499 g/mol. The summed E-state index contributed by atoms with van der Waals surface area (Å²) < 4.78 is 42.1. The van der Waals surface area contributed by atoms with Gasteiger partial charge < -0.3 is 0 Å². The van der Waals surface area contributed by atoms with Crippen LogP contribution in [-0.4, -0.2) is 41.7 Å². The van der Waals surface area contributed by atoms with Gasteiger partial charge in [-0.25, -0.2) is 17.8 Å². The van der Waals surface area contributed by atoms with Gasteiger partial charge in [-0.3, -0.25) is 14.7 Å². The second-order valence-corrected chi connectivity index (χ2v) is 11.8. The lowest BCUT2D eigenvalue weighted by atomic mass is 9.98. The van der Waals surface area contributed by atoms with Gasteiger partial charge in [0.05, 0.1) is 33.3 Å². The summed E-state index contributed by atoms with van der Waals surface area (Å²) in [6, 6.07) is 16.3. The third-order valence-electron chi connectivity index (χ3n) is 6.26. The maximum Gasteiger partial charge on any atom is 0.243 e. The van der Waals surface area contributed by atoms with Crippen LogP contribution in [0.1, 0.15) is 24.1 Å². The number of sulfonamides is 1. The van der Waals surface area contributed by atoms with E-state index in [2.05, 4.69) is 4.98 Å². The van der Waals surface area contributed by atoms with Crippen LogP contribution in [0, 0.1) is 18.7 Å². The summed E-state index contributed by atoms with van der Waals surface area (Å²) in [4.78, 5) is 24.6. The molecule has 7 nitrogen and oxygen atoms in total. The molecule has 1 saturated heterocycles.